The van der Waals surface area contributed by atoms with E-state index in [0.29, 0.717) is 10.9 Å². The third kappa shape index (κ3) is 3.38. The number of para-hydroxylation sites is 1. The van der Waals surface area contributed by atoms with E-state index in [1.54, 1.807) is 12.1 Å². The lowest BCUT2D eigenvalue weighted by atomic mass is 10.2. The van der Waals surface area contributed by atoms with E-state index in [4.69, 9.17) is 16.3 Å². The zero-order valence-electron chi connectivity index (χ0n) is 12.3. The molecular weight excluding hydrogens is 335 g/mol. The van der Waals surface area contributed by atoms with E-state index in [1.165, 1.54) is 18.3 Å². The van der Waals surface area contributed by atoms with Crippen molar-refractivity contribution in [3.8, 4) is 0 Å². The molecule has 1 amide bonds. The van der Waals surface area contributed by atoms with Crippen LogP contribution in [0.5, 0.6) is 0 Å². The quantitative estimate of drug-likeness (QED) is 0.707. The van der Waals surface area contributed by atoms with Crippen LogP contribution in [0.1, 0.15) is 10.4 Å². The van der Waals surface area contributed by atoms with E-state index in [2.05, 4.69) is 10.3 Å². The number of aromatic nitrogens is 1. The Bertz CT molecular complexity index is 923. The van der Waals surface area contributed by atoms with Crippen LogP contribution in [-0.2, 0) is 9.53 Å². The summed E-state index contributed by atoms with van der Waals surface area (Å²) in [5.41, 5.74) is 1.39. The topological polar surface area (TPSA) is 71.2 Å². The van der Waals surface area contributed by atoms with Gasteiger partial charge in [-0.3, -0.25) is 4.79 Å². The summed E-state index contributed by atoms with van der Waals surface area (Å²) in [6.07, 6.45) is 1.53. The van der Waals surface area contributed by atoms with Crippen molar-refractivity contribution in [1.29, 1.82) is 0 Å². The second-order valence-electron chi connectivity index (χ2n) is 5.00. The number of benzene rings is 2. The van der Waals surface area contributed by atoms with Crippen molar-refractivity contribution in [2.45, 2.75) is 0 Å². The number of H-pyrrole nitrogens is 1. The number of esters is 1. The van der Waals surface area contributed by atoms with E-state index in [-0.39, 0.29) is 10.7 Å². The molecule has 2 aromatic carbocycles. The number of carbonyl (C=O) groups is 2. The molecule has 0 saturated heterocycles. The first kappa shape index (κ1) is 16.0. The summed E-state index contributed by atoms with van der Waals surface area (Å²) < 4.78 is 18.0. The van der Waals surface area contributed by atoms with E-state index in [0.717, 1.165) is 11.6 Å². The minimum absolute atomic E-state index is 0.0614. The average Bonchev–Trinajstić information content (AvgIpc) is 2.99. The van der Waals surface area contributed by atoms with Crippen LogP contribution in [0.15, 0.2) is 48.7 Å². The Hall–Kier alpha value is -2.86. The second-order valence-corrected chi connectivity index (χ2v) is 5.40. The summed E-state index contributed by atoms with van der Waals surface area (Å²) in [6, 6.07) is 10.8. The highest BCUT2D eigenvalue weighted by molar-refractivity contribution is 6.33. The molecule has 0 bridgehead atoms. The predicted octanol–water partition coefficient (Wildman–Crippen LogP) is 3.76. The smallest absolute Gasteiger partial charge is 0.340 e. The van der Waals surface area contributed by atoms with Gasteiger partial charge in [-0.05, 0) is 24.3 Å². The molecule has 0 unspecified atom stereocenters. The average molecular weight is 347 g/mol. The van der Waals surface area contributed by atoms with Gasteiger partial charge in [0.25, 0.3) is 5.91 Å². The predicted molar refractivity (Wildman–Crippen MR) is 88.6 cm³/mol. The lowest BCUT2D eigenvalue weighted by Crippen LogP contribution is -2.21. The van der Waals surface area contributed by atoms with Crippen LogP contribution in [0.3, 0.4) is 0 Å². The number of hydrogen-bond acceptors (Lipinski definition) is 3. The highest BCUT2D eigenvalue weighted by Crippen LogP contribution is 2.22. The maximum Gasteiger partial charge on any atom is 0.340 e. The van der Waals surface area contributed by atoms with Crippen LogP contribution in [0, 0.1) is 5.82 Å². The standard InChI is InChI=1S/C17H12ClFN2O3/c18-13-7-10(19)5-6-15(13)21-16(22)9-24-17(23)12-8-20-14-4-2-1-3-11(12)14/h1-8,20H,9H2,(H,21,22). The molecule has 24 heavy (non-hydrogen) atoms. The van der Waals surface area contributed by atoms with Crippen molar-refractivity contribution in [2.75, 3.05) is 11.9 Å². The Morgan fingerprint density at radius 3 is 2.79 bits per heavy atom. The van der Waals surface area contributed by atoms with Crippen LogP contribution in [0.2, 0.25) is 5.02 Å². The number of rotatable bonds is 4. The third-order valence-corrected chi connectivity index (χ3v) is 3.66. The molecule has 0 fully saturated rings. The fourth-order valence-electron chi connectivity index (χ4n) is 2.23. The molecule has 0 radical (unpaired) electrons. The monoisotopic (exact) mass is 346 g/mol. The summed E-state index contributed by atoms with van der Waals surface area (Å²) in [5, 5.41) is 3.23. The molecular formula is C17H12ClFN2O3. The number of carbonyl (C=O) groups excluding carboxylic acids is 2. The molecule has 0 spiro atoms. The van der Waals surface area contributed by atoms with Crippen molar-refractivity contribution in [3.05, 3.63) is 65.1 Å². The number of hydrogen-bond donors (Lipinski definition) is 2. The van der Waals surface area contributed by atoms with Gasteiger partial charge < -0.3 is 15.0 Å². The molecule has 0 saturated carbocycles. The number of amides is 1. The highest BCUT2D eigenvalue weighted by atomic mass is 35.5. The van der Waals surface area contributed by atoms with Gasteiger partial charge in [-0.25, -0.2) is 9.18 Å². The lowest BCUT2D eigenvalue weighted by molar-refractivity contribution is -0.119. The summed E-state index contributed by atoms with van der Waals surface area (Å²) in [7, 11) is 0. The Morgan fingerprint density at radius 2 is 2.00 bits per heavy atom. The number of nitrogens with one attached hydrogen (secondary N) is 2. The van der Waals surface area contributed by atoms with Gasteiger partial charge in [0.15, 0.2) is 6.61 Å². The summed E-state index contributed by atoms with van der Waals surface area (Å²) >= 11 is 5.82. The normalized spacial score (nSPS) is 10.6. The minimum atomic E-state index is -0.618. The fraction of sp³-hybridized carbons (Fsp3) is 0.0588. The van der Waals surface area contributed by atoms with Crippen LogP contribution in [-0.4, -0.2) is 23.5 Å². The molecule has 122 valence electrons. The molecule has 1 aromatic heterocycles. The first-order chi connectivity index (χ1) is 11.5. The van der Waals surface area contributed by atoms with E-state index in [1.807, 2.05) is 12.1 Å². The zero-order chi connectivity index (χ0) is 17.1. The Kier molecular flexibility index (Phi) is 4.48. The van der Waals surface area contributed by atoms with Gasteiger partial charge in [0.05, 0.1) is 16.3 Å². The number of halogens is 2. The van der Waals surface area contributed by atoms with Gasteiger partial charge >= 0.3 is 5.97 Å². The van der Waals surface area contributed by atoms with Gasteiger partial charge in [-0.2, -0.15) is 0 Å². The maximum absolute atomic E-state index is 13.0. The Morgan fingerprint density at radius 1 is 1.21 bits per heavy atom. The Labute approximate surface area is 141 Å². The molecule has 3 rings (SSSR count). The number of ether oxygens (including phenoxy) is 1. The van der Waals surface area contributed by atoms with Gasteiger partial charge in [-0.15, -0.1) is 0 Å². The van der Waals surface area contributed by atoms with Crippen molar-refractivity contribution < 1.29 is 18.7 Å². The molecule has 0 atom stereocenters. The SMILES string of the molecule is O=C(COC(=O)c1c[nH]c2ccccc12)Nc1ccc(F)cc1Cl. The second kappa shape index (κ2) is 6.72. The zero-order valence-corrected chi connectivity index (χ0v) is 13.1. The molecule has 2 N–H and O–H groups in total. The molecule has 1 heterocycles. The summed E-state index contributed by atoms with van der Waals surface area (Å²) in [4.78, 5) is 26.9. The third-order valence-electron chi connectivity index (χ3n) is 3.35. The van der Waals surface area contributed by atoms with Crippen molar-refractivity contribution in [2.24, 2.45) is 0 Å². The molecule has 7 heteroatoms. The largest absolute Gasteiger partial charge is 0.452 e. The number of anilines is 1. The first-order valence-electron chi connectivity index (χ1n) is 7.03. The van der Waals surface area contributed by atoms with Crippen LogP contribution < -0.4 is 5.32 Å². The summed E-state index contributed by atoms with van der Waals surface area (Å²) in [6.45, 7) is -0.480. The van der Waals surface area contributed by atoms with Crippen molar-refractivity contribution in [3.63, 3.8) is 0 Å². The lowest BCUT2D eigenvalue weighted by Gasteiger charge is -2.08. The van der Waals surface area contributed by atoms with Crippen LogP contribution >= 0.6 is 11.6 Å². The van der Waals surface area contributed by atoms with Crippen LogP contribution in [0.4, 0.5) is 10.1 Å². The van der Waals surface area contributed by atoms with Crippen LogP contribution in [0.25, 0.3) is 10.9 Å². The van der Waals surface area contributed by atoms with Crippen molar-refractivity contribution >= 4 is 40.1 Å². The van der Waals surface area contributed by atoms with E-state index in [9.17, 15) is 14.0 Å². The first-order valence-corrected chi connectivity index (χ1v) is 7.40. The van der Waals surface area contributed by atoms with Gasteiger partial charge in [0, 0.05) is 17.1 Å². The Balaban J connectivity index is 1.62. The molecule has 5 nitrogen and oxygen atoms in total. The molecule has 0 aliphatic heterocycles. The number of aromatic amines is 1. The molecule has 0 aliphatic rings. The van der Waals surface area contributed by atoms with Gasteiger partial charge in [0.1, 0.15) is 5.82 Å². The van der Waals surface area contributed by atoms with Gasteiger partial charge in [-0.1, -0.05) is 29.8 Å². The molecule has 3 aromatic rings. The van der Waals surface area contributed by atoms with E-state index >= 15 is 0 Å². The molecule has 0 aliphatic carbocycles. The van der Waals surface area contributed by atoms with Crippen molar-refractivity contribution in [1.82, 2.24) is 4.98 Å². The summed E-state index contributed by atoms with van der Waals surface area (Å²) in [5.74, 6) is -1.70. The number of fused-ring (bicyclic) bond motifs is 1. The van der Waals surface area contributed by atoms with Gasteiger partial charge in [0.2, 0.25) is 0 Å². The maximum atomic E-state index is 13.0. The van der Waals surface area contributed by atoms with E-state index < -0.39 is 24.3 Å². The fourth-order valence-corrected chi connectivity index (χ4v) is 2.44. The minimum Gasteiger partial charge on any atom is -0.452 e. The highest BCUT2D eigenvalue weighted by Gasteiger charge is 2.15.